The van der Waals surface area contributed by atoms with Crippen molar-refractivity contribution in [1.82, 2.24) is 0 Å². The van der Waals surface area contributed by atoms with Crippen LogP contribution in [0, 0.1) is 5.92 Å². The number of rotatable bonds is 4. The second kappa shape index (κ2) is 7.37. The van der Waals surface area contributed by atoms with Crippen LogP contribution in [0.2, 0.25) is 0 Å². The molecule has 0 bridgehead atoms. The summed E-state index contributed by atoms with van der Waals surface area (Å²) >= 11 is 0. The minimum Gasteiger partial charge on any atom is -0.381 e. The van der Waals surface area contributed by atoms with Crippen molar-refractivity contribution < 1.29 is 30.5 Å². The van der Waals surface area contributed by atoms with Crippen LogP contribution in [-0.4, -0.2) is 20.0 Å². The van der Waals surface area contributed by atoms with E-state index >= 15 is 0 Å². The van der Waals surface area contributed by atoms with Crippen molar-refractivity contribution in [2.45, 2.75) is 51.3 Å². The van der Waals surface area contributed by atoms with Crippen molar-refractivity contribution in [3.05, 3.63) is 47.2 Å². The maximum Gasteiger partial charge on any atom is 0.534 e. The molecule has 0 aromatic heterocycles. The summed E-state index contributed by atoms with van der Waals surface area (Å²) in [6.45, 7) is 4.97. The third-order valence-electron chi connectivity index (χ3n) is 4.08. The highest BCUT2D eigenvalue weighted by Crippen LogP contribution is 2.39. The lowest BCUT2D eigenvalue weighted by Gasteiger charge is -2.35. The summed E-state index contributed by atoms with van der Waals surface area (Å²) < 4.78 is 70.5. The van der Waals surface area contributed by atoms with Crippen LogP contribution in [-0.2, 0) is 19.0 Å². The smallest absolute Gasteiger partial charge is 0.381 e. The highest BCUT2D eigenvalue weighted by atomic mass is 32.2. The van der Waals surface area contributed by atoms with E-state index in [-0.39, 0.29) is 17.8 Å². The first-order valence-electron chi connectivity index (χ1n) is 7.93. The van der Waals surface area contributed by atoms with Crippen LogP contribution in [0.25, 0.3) is 0 Å². The molecule has 2 atom stereocenters. The van der Waals surface area contributed by atoms with Gasteiger partial charge in [0.05, 0.1) is 12.2 Å². The molecule has 2 rings (SSSR count). The molecule has 1 heterocycles. The number of hydrogen-bond donors (Lipinski definition) is 0. The van der Waals surface area contributed by atoms with Gasteiger partial charge < -0.3 is 8.92 Å². The molecule has 0 N–H and O–H groups in total. The van der Waals surface area contributed by atoms with Crippen LogP contribution in [0.15, 0.2) is 41.7 Å². The lowest BCUT2D eigenvalue weighted by molar-refractivity contribution is -0.0545. The van der Waals surface area contributed by atoms with Gasteiger partial charge in [-0.05, 0) is 36.8 Å². The van der Waals surface area contributed by atoms with Crippen molar-refractivity contribution in [3.63, 3.8) is 0 Å². The Kier molecular flexibility index (Phi) is 5.83. The van der Waals surface area contributed by atoms with E-state index in [2.05, 4.69) is 4.18 Å². The third-order valence-corrected chi connectivity index (χ3v) is 5.11. The lowest BCUT2D eigenvalue weighted by atomic mass is 9.88. The minimum atomic E-state index is -5.67. The summed E-state index contributed by atoms with van der Waals surface area (Å²) in [7, 11) is -5.67. The van der Waals surface area contributed by atoms with Gasteiger partial charge >= 0.3 is 15.6 Å². The van der Waals surface area contributed by atoms with E-state index in [4.69, 9.17) is 4.74 Å². The van der Waals surface area contributed by atoms with Gasteiger partial charge in [-0.3, -0.25) is 0 Å². The van der Waals surface area contributed by atoms with Crippen molar-refractivity contribution in [2.75, 3.05) is 0 Å². The van der Waals surface area contributed by atoms with E-state index in [1.165, 1.54) is 6.92 Å². The molecule has 1 saturated heterocycles. The molecule has 1 aromatic rings. The number of alkyl halides is 3. The number of benzene rings is 1. The summed E-state index contributed by atoms with van der Waals surface area (Å²) in [5, 5.41) is 0. The number of ether oxygens (including phenoxy) is 1. The van der Waals surface area contributed by atoms with Crippen LogP contribution in [0.4, 0.5) is 13.2 Å². The van der Waals surface area contributed by atoms with Gasteiger partial charge in [-0.2, -0.15) is 21.6 Å². The molecule has 0 saturated carbocycles. The van der Waals surface area contributed by atoms with Gasteiger partial charge in [-0.1, -0.05) is 44.2 Å². The van der Waals surface area contributed by atoms with Crippen LogP contribution in [0.3, 0.4) is 0 Å². The first kappa shape index (κ1) is 19.8. The summed E-state index contributed by atoms with van der Waals surface area (Å²) in [4.78, 5) is 0. The Balaban J connectivity index is 2.26. The molecule has 0 unspecified atom stereocenters. The quantitative estimate of drug-likeness (QED) is 0.433. The van der Waals surface area contributed by atoms with E-state index in [9.17, 15) is 21.6 Å². The normalized spacial score (nSPS) is 24.3. The van der Waals surface area contributed by atoms with Gasteiger partial charge in [0.2, 0.25) is 0 Å². The molecule has 0 aliphatic carbocycles. The summed E-state index contributed by atoms with van der Waals surface area (Å²) in [5.41, 5.74) is -4.02. The fourth-order valence-corrected chi connectivity index (χ4v) is 3.40. The zero-order valence-corrected chi connectivity index (χ0v) is 15.0. The Bertz CT molecular complexity index is 724. The molecule has 4 nitrogen and oxygen atoms in total. The molecule has 0 radical (unpaired) electrons. The molecule has 25 heavy (non-hydrogen) atoms. The van der Waals surface area contributed by atoms with Crippen molar-refractivity contribution in [3.8, 4) is 0 Å². The molecule has 1 aliphatic rings. The second-order valence-corrected chi connectivity index (χ2v) is 7.84. The van der Waals surface area contributed by atoms with E-state index in [0.29, 0.717) is 18.4 Å². The summed E-state index contributed by atoms with van der Waals surface area (Å²) in [6, 6.07) is 9.51. The maximum atomic E-state index is 12.5. The largest absolute Gasteiger partial charge is 0.534 e. The van der Waals surface area contributed by atoms with Crippen LogP contribution in [0.5, 0.6) is 0 Å². The van der Waals surface area contributed by atoms with Gasteiger partial charge in [0, 0.05) is 0 Å². The standard InChI is InChI=1S/C17H21F3O4S/c1-11(2)16-14(12(3)24-25(21,22)17(18,19)20)9-10-15(23-16)13-7-5-4-6-8-13/h4-8,11,15-16H,9-10H2,1-3H3/b14-12+/t15-,16-/m0/s1. The minimum absolute atomic E-state index is 0.0475. The van der Waals surface area contributed by atoms with Crippen LogP contribution < -0.4 is 0 Å². The predicted octanol–water partition coefficient (Wildman–Crippen LogP) is 4.70. The number of halogens is 3. The zero-order chi connectivity index (χ0) is 18.8. The molecule has 8 heteroatoms. The van der Waals surface area contributed by atoms with Gasteiger partial charge in [0.25, 0.3) is 0 Å². The van der Waals surface area contributed by atoms with Crippen molar-refractivity contribution in [1.29, 1.82) is 0 Å². The monoisotopic (exact) mass is 378 g/mol. The van der Waals surface area contributed by atoms with E-state index in [1.54, 1.807) is 0 Å². The zero-order valence-electron chi connectivity index (χ0n) is 14.2. The Hall–Kier alpha value is -1.54. The average molecular weight is 378 g/mol. The van der Waals surface area contributed by atoms with E-state index < -0.39 is 21.7 Å². The van der Waals surface area contributed by atoms with Crippen LogP contribution in [0.1, 0.15) is 45.3 Å². The topological polar surface area (TPSA) is 52.6 Å². The number of allylic oxidation sites excluding steroid dienone is 1. The first-order chi connectivity index (χ1) is 11.5. The highest BCUT2D eigenvalue weighted by Gasteiger charge is 2.49. The summed E-state index contributed by atoms with van der Waals surface area (Å²) in [6.07, 6.45) is 0.239. The first-order valence-corrected chi connectivity index (χ1v) is 9.34. The molecule has 1 aromatic carbocycles. The van der Waals surface area contributed by atoms with Crippen molar-refractivity contribution >= 4 is 10.1 Å². The molecule has 1 aliphatic heterocycles. The Morgan fingerprint density at radius 1 is 1.24 bits per heavy atom. The van der Waals surface area contributed by atoms with Crippen LogP contribution >= 0.6 is 0 Å². The van der Waals surface area contributed by atoms with Gasteiger partial charge in [-0.25, -0.2) is 0 Å². The van der Waals surface area contributed by atoms with Gasteiger partial charge in [-0.15, -0.1) is 0 Å². The molecular formula is C17H21F3O4S. The predicted molar refractivity (Wildman–Crippen MR) is 86.9 cm³/mol. The Labute approximate surface area is 145 Å². The van der Waals surface area contributed by atoms with Gasteiger partial charge in [0.15, 0.2) is 0 Å². The van der Waals surface area contributed by atoms with E-state index in [1.807, 2.05) is 44.2 Å². The fourth-order valence-electron chi connectivity index (χ4n) is 2.87. The highest BCUT2D eigenvalue weighted by molar-refractivity contribution is 7.87. The SMILES string of the molecule is C/C(OS(=O)(=O)C(F)(F)F)=C1/CC[C@@H](c2ccccc2)O[C@H]1C(C)C. The molecule has 0 amide bonds. The second-order valence-electron chi connectivity index (χ2n) is 6.30. The molecular weight excluding hydrogens is 357 g/mol. The fraction of sp³-hybridized carbons (Fsp3) is 0.529. The summed E-state index contributed by atoms with van der Waals surface area (Å²) in [5.74, 6) is -0.309. The molecule has 1 fully saturated rings. The lowest BCUT2D eigenvalue weighted by Crippen LogP contribution is -2.32. The average Bonchev–Trinajstić information content (AvgIpc) is 2.53. The molecule has 0 spiro atoms. The Morgan fingerprint density at radius 2 is 1.84 bits per heavy atom. The van der Waals surface area contributed by atoms with Gasteiger partial charge in [0.1, 0.15) is 5.76 Å². The number of hydrogen-bond acceptors (Lipinski definition) is 4. The van der Waals surface area contributed by atoms with Crippen molar-refractivity contribution in [2.24, 2.45) is 5.92 Å². The molecule has 140 valence electrons. The Morgan fingerprint density at radius 3 is 2.36 bits per heavy atom. The van der Waals surface area contributed by atoms with E-state index in [0.717, 1.165) is 5.56 Å². The third kappa shape index (κ3) is 4.55. The maximum absolute atomic E-state index is 12.5.